The highest BCUT2D eigenvalue weighted by molar-refractivity contribution is 5.73. The Morgan fingerprint density at radius 3 is 2.65 bits per heavy atom. The van der Waals surface area contributed by atoms with E-state index in [1.807, 2.05) is 18.2 Å². The highest BCUT2D eigenvalue weighted by Gasteiger charge is 2.38. The summed E-state index contributed by atoms with van der Waals surface area (Å²) >= 11 is 0. The minimum Gasteiger partial charge on any atom is -0.475 e. The molecule has 3 heterocycles. The van der Waals surface area contributed by atoms with E-state index in [1.54, 1.807) is 6.20 Å². The molecule has 3 rings (SSSR count). The maximum atomic E-state index is 10.6. The standard InChI is InChI=1S/C11H12N4O.C2HF3O2/c1-2-6-12-8(4-1)10-14-11(16-15-10)9-5-3-7-13-9;3-2(4,5)1(6)7/h1-2,4,6,9,13H,3,5,7H2;(H,6,7)/t9-;/m0./s1. The zero-order valence-electron chi connectivity index (χ0n) is 11.7. The Bertz CT molecular complexity index is 639. The van der Waals surface area contributed by atoms with E-state index < -0.39 is 12.1 Å². The molecule has 23 heavy (non-hydrogen) atoms. The normalized spacial score (nSPS) is 17.4. The Morgan fingerprint density at radius 1 is 1.39 bits per heavy atom. The predicted octanol–water partition coefficient (Wildman–Crippen LogP) is 2.19. The van der Waals surface area contributed by atoms with Crippen molar-refractivity contribution in [1.29, 1.82) is 0 Å². The number of alkyl halides is 3. The zero-order chi connectivity index (χ0) is 16.9. The molecule has 7 nitrogen and oxygen atoms in total. The summed E-state index contributed by atoms with van der Waals surface area (Å²) in [7, 11) is 0. The van der Waals surface area contributed by atoms with Crippen molar-refractivity contribution in [2.24, 2.45) is 0 Å². The molecule has 2 N–H and O–H groups in total. The van der Waals surface area contributed by atoms with Gasteiger partial charge in [-0.15, -0.1) is 0 Å². The summed E-state index contributed by atoms with van der Waals surface area (Å²) in [5.74, 6) is -1.53. The van der Waals surface area contributed by atoms with Crippen LogP contribution in [0, 0.1) is 0 Å². The van der Waals surface area contributed by atoms with Crippen LogP contribution in [0.25, 0.3) is 11.5 Å². The quantitative estimate of drug-likeness (QED) is 0.870. The molecule has 0 unspecified atom stereocenters. The van der Waals surface area contributed by atoms with Gasteiger partial charge in [-0.25, -0.2) is 4.79 Å². The molecule has 1 saturated heterocycles. The van der Waals surface area contributed by atoms with E-state index >= 15 is 0 Å². The van der Waals surface area contributed by atoms with Crippen LogP contribution in [-0.2, 0) is 4.79 Å². The van der Waals surface area contributed by atoms with Gasteiger partial charge >= 0.3 is 12.1 Å². The van der Waals surface area contributed by atoms with Crippen LogP contribution >= 0.6 is 0 Å². The van der Waals surface area contributed by atoms with Crippen molar-refractivity contribution in [2.45, 2.75) is 25.1 Å². The van der Waals surface area contributed by atoms with Crippen LogP contribution in [-0.4, -0.2) is 38.9 Å². The fraction of sp³-hybridized carbons (Fsp3) is 0.385. The highest BCUT2D eigenvalue weighted by Crippen LogP contribution is 2.23. The van der Waals surface area contributed by atoms with Crippen LogP contribution in [0.3, 0.4) is 0 Å². The number of hydrogen-bond donors (Lipinski definition) is 2. The number of aromatic nitrogens is 3. The van der Waals surface area contributed by atoms with Crippen LogP contribution in [0.5, 0.6) is 0 Å². The van der Waals surface area contributed by atoms with Crippen molar-refractivity contribution in [3.8, 4) is 11.5 Å². The fourth-order valence-corrected chi connectivity index (χ4v) is 1.87. The summed E-state index contributed by atoms with van der Waals surface area (Å²) in [4.78, 5) is 17.4. The second-order valence-electron chi connectivity index (χ2n) is 4.62. The Labute approximate surface area is 128 Å². The van der Waals surface area contributed by atoms with Gasteiger partial charge in [0.2, 0.25) is 11.7 Å². The molecular weight excluding hydrogens is 317 g/mol. The average molecular weight is 330 g/mol. The van der Waals surface area contributed by atoms with Gasteiger partial charge in [-0.3, -0.25) is 4.98 Å². The summed E-state index contributed by atoms with van der Waals surface area (Å²) in [6.45, 7) is 1.02. The molecule has 0 bridgehead atoms. The van der Waals surface area contributed by atoms with E-state index in [-0.39, 0.29) is 6.04 Å². The molecule has 2 aromatic heterocycles. The van der Waals surface area contributed by atoms with Crippen LogP contribution in [0.15, 0.2) is 28.9 Å². The van der Waals surface area contributed by atoms with E-state index in [1.165, 1.54) is 0 Å². The minimum absolute atomic E-state index is 0.213. The predicted molar refractivity (Wildman–Crippen MR) is 71.2 cm³/mol. The van der Waals surface area contributed by atoms with Crippen molar-refractivity contribution in [3.05, 3.63) is 30.3 Å². The van der Waals surface area contributed by atoms with Crippen molar-refractivity contribution in [2.75, 3.05) is 6.54 Å². The zero-order valence-corrected chi connectivity index (χ0v) is 11.7. The summed E-state index contributed by atoms with van der Waals surface area (Å²) in [5.41, 5.74) is 0.746. The van der Waals surface area contributed by atoms with Crippen LogP contribution in [0.2, 0.25) is 0 Å². The molecular formula is C13H13F3N4O3. The average Bonchev–Trinajstić information content (AvgIpc) is 3.19. The monoisotopic (exact) mass is 330 g/mol. The van der Waals surface area contributed by atoms with Gasteiger partial charge in [0, 0.05) is 6.20 Å². The van der Waals surface area contributed by atoms with Gasteiger partial charge in [0.05, 0.1) is 6.04 Å². The second-order valence-corrected chi connectivity index (χ2v) is 4.62. The highest BCUT2D eigenvalue weighted by atomic mass is 19.4. The number of hydrogen-bond acceptors (Lipinski definition) is 6. The Balaban J connectivity index is 0.000000236. The Morgan fingerprint density at radius 2 is 2.13 bits per heavy atom. The lowest BCUT2D eigenvalue weighted by molar-refractivity contribution is -0.192. The number of carbonyl (C=O) groups is 1. The third-order valence-corrected chi connectivity index (χ3v) is 2.94. The maximum Gasteiger partial charge on any atom is 0.490 e. The van der Waals surface area contributed by atoms with E-state index in [0.29, 0.717) is 11.7 Å². The summed E-state index contributed by atoms with van der Waals surface area (Å²) < 4.78 is 37.0. The lowest BCUT2D eigenvalue weighted by Gasteiger charge is -2.01. The van der Waals surface area contributed by atoms with E-state index in [9.17, 15) is 13.2 Å². The lowest BCUT2D eigenvalue weighted by atomic mass is 10.2. The number of carboxylic acids is 1. The van der Waals surface area contributed by atoms with Crippen LogP contribution in [0.1, 0.15) is 24.8 Å². The first-order chi connectivity index (χ1) is 10.9. The van der Waals surface area contributed by atoms with E-state index in [4.69, 9.17) is 14.4 Å². The fourth-order valence-electron chi connectivity index (χ4n) is 1.87. The molecule has 1 aliphatic rings. The topological polar surface area (TPSA) is 101 Å². The first-order valence-electron chi connectivity index (χ1n) is 6.66. The molecule has 0 aromatic carbocycles. The summed E-state index contributed by atoms with van der Waals surface area (Å²) in [6, 6.07) is 5.86. The third kappa shape index (κ3) is 4.74. The lowest BCUT2D eigenvalue weighted by Crippen LogP contribution is -2.21. The largest absolute Gasteiger partial charge is 0.490 e. The van der Waals surface area contributed by atoms with E-state index in [2.05, 4.69) is 20.4 Å². The van der Waals surface area contributed by atoms with Gasteiger partial charge in [-0.05, 0) is 31.5 Å². The van der Waals surface area contributed by atoms with Gasteiger partial charge in [0.1, 0.15) is 5.69 Å². The number of carboxylic acid groups (broad SMARTS) is 1. The van der Waals surface area contributed by atoms with Gasteiger partial charge in [0.25, 0.3) is 0 Å². The molecule has 2 aromatic rings. The van der Waals surface area contributed by atoms with Gasteiger partial charge < -0.3 is 14.9 Å². The van der Waals surface area contributed by atoms with Gasteiger partial charge in [-0.1, -0.05) is 11.2 Å². The number of nitrogens with zero attached hydrogens (tertiary/aromatic N) is 3. The smallest absolute Gasteiger partial charge is 0.475 e. The van der Waals surface area contributed by atoms with Crippen molar-refractivity contribution in [1.82, 2.24) is 20.4 Å². The van der Waals surface area contributed by atoms with Crippen molar-refractivity contribution >= 4 is 5.97 Å². The summed E-state index contributed by atoms with van der Waals surface area (Å²) in [5, 5.41) is 14.4. The molecule has 0 radical (unpaired) electrons. The molecule has 0 saturated carbocycles. The minimum atomic E-state index is -5.08. The maximum absolute atomic E-state index is 10.6. The molecule has 0 amide bonds. The van der Waals surface area contributed by atoms with E-state index in [0.717, 1.165) is 25.1 Å². The molecule has 1 atom stereocenters. The van der Waals surface area contributed by atoms with Crippen molar-refractivity contribution in [3.63, 3.8) is 0 Å². The third-order valence-electron chi connectivity index (χ3n) is 2.94. The molecule has 1 fully saturated rings. The SMILES string of the molecule is O=C(O)C(F)(F)F.c1ccc(-c2noc([C@@H]3CCCN3)n2)nc1. The van der Waals surface area contributed by atoms with Gasteiger partial charge in [0.15, 0.2) is 0 Å². The molecule has 1 aliphatic heterocycles. The second kappa shape index (κ2) is 7.18. The van der Waals surface area contributed by atoms with Crippen LogP contribution in [0.4, 0.5) is 13.2 Å². The first-order valence-corrected chi connectivity index (χ1v) is 6.66. The Hall–Kier alpha value is -2.49. The molecule has 0 aliphatic carbocycles. The molecule has 0 spiro atoms. The molecule has 124 valence electrons. The first kappa shape index (κ1) is 16.9. The summed E-state index contributed by atoms with van der Waals surface area (Å²) in [6.07, 6.45) is -1.14. The molecule has 10 heteroatoms. The number of aliphatic carboxylic acids is 1. The number of pyridine rings is 1. The number of halogens is 3. The van der Waals surface area contributed by atoms with Crippen LogP contribution < -0.4 is 5.32 Å². The van der Waals surface area contributed by atoms with Crippen molar-refractivity contribution < 1.29 is 27.6 Å². The van der Waals surface area contributed by atoms with Gasteiger partial charge in [-0.2, -0.15) is 18.2 Å². The Kier molecular flexibility index (Phi) is 5.27. The number of nitrogens with one attached hydrogen (secondary N) is 1. The number of rotatable bonds is 2.